The van der Waals surface area contributed by atoms with Gasteiger partial charge in [0.1, 0.15) is 37.3 Å². The van der Waals surface area contributed by atoms with E-state index in [1.165, 1.54) is 0 Å². The molecular weight excluding hydrogens is 398 g/mol. The number of imide groups is 1. The maximum atomic E-state index is 12.6. The van der Waals surface area contributed by atoms with Gasteiger partial charge in [-0.15, -0.1) is 0 Å². The highest BCUT2D eigenvalue weighted by Crippen LogP contribution is 2.45. The second-order valence-corrected chi connectivity index (χ2v) is 15.1. The van der Waals surface area contributed by atoms with Gasteiger partial charge in [0, 0.05) is 0 Å². The summed E-state index contributed by atoms with van der Waals surface area (Å²) in [6.07, 6.45) is -3.09. The van der Waals surface area contributed by atoms with Gasteiger partial charge in [-0.2, -0.15) is 0 Å². The molecule has 3 aliphatic rings. The Balaban J connectivity index is 1.89. The Morgan fingerprint density at radius 1 is 1.17 bits per heavy atom. The highest BCUT2D eigenvalue weighted by atomic mass is 28.4. The Labute approximate surface area is 173 Å². The van der Waals surface area contributed by atoms with Crippen molar-refractivity contribution in [2.75, 3.05) is 19.9 Å². The lowest BCUT2D eigenvalue weighted by atomic mass is 9.97. The van der Waals surface area contributed by atoms with Gasteiger partial charge in [0.2, 0.25) is 0 Å². The van der Waals surface area contributed by atoms with Crippen LogP contribution >= 0.6 is 0 Å². The summed E-state index contributed by atoms with van der Waals surface area (Å²) in [7, 11) is -2.30. The Hall–Kier alpha value is -1.20. The zero-order valence-corrected chi connectivity index (χ0v) is 19.6. The van der Waals surface area contributed by atoms with E-state index in [9.17, 15) is 9.59 Å². The van der Waals surface area contributed by atoms with Crippen molar-refractivity contribution in [1.82, 2.24) is 4.90 Å². The topological polar surface area (TPSA) is 92.8 Å². The van der Waals surface area contributed by atoms with Gasteiger partial charge in [-0.3, -0.25) is 0 Å². The van der Waals surface area contributed by atoms with Crippen LogP contribution in [-0.2, 0) is 28.1 Å². The number of rotatable bonds is 2. The highest BCUT2D eigenvalue weighted by Gasteiger charge is 2.64. The van der Waals surface area contributed by atoms with Crippen molar-refractivity contribution >= 4 is 20.5 Å². The average molecular weight is 432 g/mol. The van der Waals surface area contributed by atoms with Gasteiger partial charge in [-0.25, -0.2) is 14.5 Å². The molecule has 3 rings (SSSR count). The molecule has 0 saturated carbocycles. The molecule has 0 bridgehead atoms. The number of carbonyl (C=O) groups excluding carboxylic acids is 2. The minimum atomic E-state index is -2.30. The van der Waals surface area contributed by atoms with Crippen LogP contribution in [0.4, 0.5) is 9.59 Å². The molecule has 0 aromatic rings. The largest absolute Gasteiger partial charge is 0.443 e. The summed E-state index contributed by atoms with van der Waals surface area (Å²) in [4.78, 5) is 26.0. The molecule has 9 nitrogen and oxygen atoms in total. The molecule has 3 aliphatic heterocycles. The van der Waals surface area contributed by atoms with Gasteiger partial charge in [-0.1, -0.05) is 20.8 Å². The van der Waals surface area contributed by atoms with Crippen LogP contribution in [0.15, 0.2) is 0 Å². The predicted molar refractivity (Wildman–Crippen MR) is 105 cm³/mol. The van der Waals surface area contributed by atoms with E-state index < -0.39 is 44.1 Å². The van der Waals surface area contributed by atoms with Gasteiger partial charge in [0.15, 0.2) is 8.32 Å². The third-order valence-corrected chi connectivity index (χ3v) is 10.3. The smallest absolute Gasteiger partial charge is 0.422 e. The maximum absolute atomic E-state index is 12.6. The molecule has 166 valence electrons. The van der Waals surface area contributed by atoms with E-state index in [-0.39, 0.29) is 31.1 Å². The fraction of sp³-hybridized carbons (Fsp3) is 0.895. The summed E-state index contributed by atoms with van der Waals surface area (Å²) < 4.78 is 35.0. The van der Waals surface area contributed by atoms with Crippen LogP contribution in [0.3, 0.4) is 0 Å². The van der Waals surface area contributed by atoms with E-state index in [0.29, 0.717) is 0 Å². The molecule has 3 fully saturated rings. The van der Waals surface area contributed by atoms with E-state index in [1.807, 2.05) is 0 Å². The number of hydrogen-bond acceptors (Lipinski definition) is 8. The van der Waals surface area contributed by atoms with E-state index >= 15 is 0 Å². The summed E-state index contributed by atoms with van der Waals surface area (Å²) in [6, 6.07) is 0. The zero-order chi connectivity index (χ0) is 21.8. The lowest BCUT2D eigenvalue weighted by Crippen LogP contribution is -2.66. The monoisotopic (exact) mass is 431 g/mol. The molecule has 29 heavy (non-hydrogen) atoms. The van der Waals surface area contributed by atoms with Gasteiger partial charge in [0.25, 0.3) is 5.79 Å². The minimum Gasteiger partial charge on any atom is -0.443 e. The summed E-state index contributed by atoms with van der Waals surface area (Å²) in [5.74, 6) is -1.46. The van der Waals surface area contributed by atoms with Crippen LogP contribution in [0, 0.1) is 0 Å². The van der Waals surface area contributed by atoms with Crippen LogP contribution in [0.2, 0.25) is 18.1 Å². The third-order valence-electron chi connectivity index (χ3n) is 5.83. The van der Waals surface area contributed by atoms with Crippen LogP contribution in [-0.4, -0.2) is 75.0 Å². The molecule has 3 saturated heterocycles. The first-order valence-corrected chi connectivity index (χ1v) is 12.8. The van der Waals surface area contributed by atoms with E-state index in [4.69, 9.17) is 28.1 Å². The van der Waals surface area contributed by atoms with Crippen molar-refractivity contribution in [3.05, 3.63) is 0 Å². The molecule has 4 atom stereocenters. The van der Waals surface area contributed by atoms with Gasteiger partial charge < -0.3 is 28.1 Å². The first kappa shape index (κ1) is 22.5. The number of ether oxygens (including phenoxy) is 5. The number of carbonyl (C=O) groups is 2. The Bertz CT molecular complexity index is 670. The molecule has 0 radical (unpaired) electrons. The summed E-state index contributed by atoms with van der Waals surface area (Å²) in [6.45, 7) is 15.9. The summed E-state index contributed by atoms with van der Waals surface area (Å²) in [5.41, 5.74) is -0.745. The Kier molecular flexibility index (Phi) is 5.57. The predicted octanol–water partition coefficient (Wildman–Crippen LogP) is 3.23. The molecule has 3 heterocycles. The lowest BCUT2D eigenvalue weighted by molar-refractivity contribution is -0.282. The Morgan fingerprint density at radius 2 is 1.83 bits per heavy atom. The quantitative estimate of drug-likeness (QED) is 0.615. The van der Waals surface area contributed by atoms with Gasteiger partial charge in [-0.05, 0) is 38.9 Å². The number of nitrogens with zero attached hydrogens (tertiary/aromatic N) is 1. The molecule has 0 aromatic carbocycles. The van der Waals surface area contributed by atoms with Crippen molar-refractivity contribution in [1.29, 1.82) is 0 Å². The fourth-order valence-electron chi connectivity index (χ4n) is 3.24. The van der Waals surface area contributed by atoms with Crippen LogP contribution in [0.1, 0.15) is 41.5 Å². The highest BCUT2D eigenvalue weighted by molar-refractivity contribution is 6.74. The van der Waals surface area contributed by atoms with Crippen molar-refractivity contribution in [3.8, 4) is 0 Å². The van der Waals surface area contributed by atoms with Crippen LogP contribution < -0.4 is 0 Å². The number of fused-ring (bicyclic) bond motifs is 1. The van der Waals surface area contributed by atoms with Crippen LogP contribution in [0.25, 0.3) is 0 Å². The second-order valence-electron chi connectivity index (χ2n) is 10.3. The first-order chi connectivity index (χ1) is 13.2. The fourth-order valence-corrected chi connectivity index (χ4v) is 4.54. The van der Waals surface area contributed by atoms with Crippen LogP contribution in [0.5, 0.6) is 0 Å². The average Bonchev–Trinajstić information content (AvgIpc) is 3.13. The van der Waals surface area contributed by atoms with Crippen molar-refractivity contribution in [2.24, 2.45) is 0 Å². The van der Waals surface area contributed by atoms with Crippen molar-refractivity contribution in [2.45, 2.75) is 89.4 Å². The third kappa shape index (κ3) is 4.31. The zero-order valence-electron chi connectivity index (χ0n) is 18.6. The molecule has 0 aromatic heterocycles. The normalized spacial score (nSPS) is 33.0. The maximum Gasteiger partial charge on any atom is 0.422 e. The number of hydrogen-bond donors (Lipinski definition) is 0. The lowest BCUT2D eigenvalue weighted by Gasteiger charge is -2.48. The second kappa shape index (κ2) is 7.19. The van der Waals surface area contributed by atoms with Crippen molar-refractivity contribution < 1.29 is 37.7 Å². The summed E-state index contributed by atoms with van der Waals surface area (Å²) >= 11 is 0. The Morgan fingerprint density at radius 3 is 2.41 bits per heavy atom. The van der Waals surface area contributed by atoms with Gasteiger partial charge in [0.05, 0.1) is 6.61 Å². The van der Waals surface area contributed by atoms with E-state index in [2.05, 4.69) is 33.9 Å². The molecule has 10 heteroatoms. The van der Waals surface area contributed by atoms with E-state index in [0.717, 1.165) is 4.90 Å². The first-order valence-electron chi connectivity index (χ1n) is 9.94. The standard InChI is InChI=1S/C19H33NO8Si/c1-17(2,3)26-15(21)20-10-19(27-16(20)22)14(28-29(7,8)18(4,5)6)13-12(9-25-19)23-11-24-13/h12-14H,9-11H2,1-8H3/t12-,13-,14+,19+/m1/s1. The molecular formula is C19H33NO8Si. The minimum absolute atomic E-state index is 0.0892. The molecule has 2 amide bonds. The molecule has 1 spiro atoms. The van der Waals surface area contributed by atoms with E-state index in [1.54, 1.807) is 20.8 Å². The molecule has 0 N–H and O–H groups in total. The molecule has 0 unspecified atom stereocenters. The van der Waals surface area contributed by atoms with Gasteiger partial charge >= 0.3 is 12.2 Å². The molecule has 0 aliphatic carbocycles. The van der Waals surface area contributed by atoms with Crippen molar-refractivity contribution in [3.63, 3.8) is 0 Å². The SMILES string of the molecule is CC(C)(C)OC(=O)N1C[C@]2(OC[C@H]3OCO[C@H]3[C@@H]2O[Si](C)(C)C(C)(C)C)OC1=O. The summed E-state index contributed by atoms with van der Waals surface area (Å²) in [5, 5.41) is -0.0892. The number of amides is 2.